The van der Waals surface area contributed by atoms with Crippen molar-refractivity contribution in [2.24, 2.45) is 0 Å². The summed E-state index contributed by atoms with van der Waals surface area (Å²) in [5.74, 6) is 0. The Labute approximate surface area is 83.6 Å². The summed E-state index contributed by atoms with van der Waals surface area (Å²) in [6, 6.07) is 9.97. The fourth-order valence-electron chi connectivity index (χ4n) is 1.51. The summed E-state index contributed by atoms with van der Waals surface area (Å²) in [6.45, 7) is 0.984. The van der Waals surface area contributed by atoms with Gasteiger partial charge in [0.25, 0.3) is 0 Å². The second-order valence-corrected chi connectivity index (χ2v) is 3.77. The molecule has 0 radical (unpaired) electrons. The molecule has 14 heavy (non-hydrogen) atoms. The van der Waals surface area contributed by atoms with Crippen molar-refractivity contribution in [1.82, 2.24) is 5.32 Å². The van der Waals surface area contributed by atoms with Crippen LogP contribution >= 0.6 is 0 Å². The minimum Gasteiger partial charge on any atom is -0.310 e. The van der Waals surface area contributed by atoms with Crippen LogP contribution in [0.15, 0.2) is 36.4 Å². The van der Waals surface area contributed by atoms with Gasteiger partial charge in [-0.25, -0.2) is 4.39 Å². The molecule has 1 aromatic rings. The maximum absolute atomic E-state index is 13.5. The standard InChI is InChI=1S/C12H14FN/c13-12(9-14-10-12)8-4-7-11-5-2-1-3-6-11/h1-7,14H,8-10H2/b7-4+. The summed E-state index contributed by atoms with van der Waals surface area (Å²) >= 11 is 0. The Hall–Kier alpha value is -1.15. The van der Waals surface area contributed by atoms with Gasteiger partial charge < -0.3 is 5.32 Å². The first kappa shape index (κ1) is 9.41. The molecule has 1 aliphatic heterocycles. The largest absolute Gasteiger partial charge is 0.310 e. The zero-order valence-electron chi connectivity index (χ0n) is 8.04. The molecule has 74 valence electrons. The predicted molar refractivity (Wildman–Crippen MR) is 56.8 cm³/mol. The number of rotatable bonds is 3. The van der Waals surface area contributed by atoms with E-state index < -0.39 is 5.67 Å². The van der Waals surface area contributed by atoms with Crippen molar-refractivity contribution in [2.45, 2.75) is 12.1 Å². The number of halogens is 1. The molecular formula is C12H14FN. The SMILES string of the molecule is FC1(C/C=C/c2ccccc2)CNC1. The quantitative estimate of drug-likeness (QED) is 0.773. The van der Waals surface area contributed by atoms with Crippen LogP contribution in [-0.2, 0) is 0 Å². The van der Waals surface area contributed by atoms with Crippen molar-refractivity contribution >= 4 is 6.08 Å². The molecule has 1 saturated heterocycles. The summed E-state index contributed by atoms with van der Waals surface area (Å²) in [7, 11) is 0. The molecule has 0 unspecified atom stereocenters. The normalized spacial score (nSPS) is 19.5. The summed E-state index contributed by atoms with van der Waals surface area (Å²) in [5, 5.41) is 2.94. The Morgan fingerprint density at radius 2 is 2.00 bits per heavy atom. The fraction of sp³-hybridized carbons (Fsp3) is 0.333. The van der Waals surface area contributed by atoms with Gasteiger partial charge in [0.1, 0.15) is 5.67 Å². The maximum atomic E-state index is 13.5. The van der Waals surface area contributed by atoms with Gasteiger partial charge in [-0.3, -0.25) is 0 Å². The number of alkyl halides is 1. The Morgan fingerprint density at radius 3 is 2.57 bits per heavy atom. The highest BCUT2D eigenvalue weighted by atomic mass is 19.1. The first-order valence-electron chi connectivity index (χ1n) is 4.90. The highest BCUT2D eigenvalue weighted by molar-refractivity contribution is 5.48. The van der Waals surface area contributed by atoms with Gasteiger partial charge >= 0.3 is 0 Å². The van der Waals surface area contributed by atoms with E-state index in [2.05, 4.69) is 5.32 Å². The van der Waals surface area contributed by atoms with Crippen molar-refractivity contribution in [2.75, 3.05) is 13.1 Å². The molecule has 0 atom stereocenters. The summed E-state index contributed by atoms with van der Waals surface area (Å²) in [4.78, 5) is 0. The second kappa shape index (κ2) is 3.93. The molecule has 0 aromatic heterocycles. The zero-order chi connectivity index (χ0) is 9.86. The third kappa shape index (κ3) is 2.20. The van der Waals surface area contributed by atoms with E-state index in [1.807, 2.05) is 42.5 Å². The van der Waals surface area contributed by atoms with Gasteiger partial charge in [-0.15, -0.1) is 0 Å². The monoisotopic (exact) mass is 191 g/mol. The van der Waals surface area contributed by atoms with Gasteiger partial charge in [0.05, 0.1) is 0 Å². The van der Waals surface area contributed by atoms with Gasteiger partial charge in [-0.1, -0.05) is 42.5 Å². The molecule has 0 spiro atoms. The lowest BCUT2D eigenvalue weighted by atomic mass is 9.95. The van der Waals surface area contributed by atoms with E-state index in [9.17, 15) is 4.39 Å². The molecule has 1 N–H and O–H groups in total. The van der Waals surface area contributed by atoms with Crippen molar-refractivity contribution < 1.29 is 4.39 Å². The minimum absolute atomic E-state index is 0.492. The smallest absolute Gasteiger partial charge is 0.139 e. The van der Waals surface area contributed by atoms with E-state index in [1.54, 1.807) is 0 Å². The molecule has 0 amide bonds. The van der Waals surface area contributed by atoms with Crippen LogP contribution in [0, 0.1) is 0 Å². The van der Waals surface area contributed by atoms with Crippen LogP contribution in [0.1, 0.15) is 12.0 Å². The molecule has 1 aliphatic rings. The second-order valence-electron chi connectivity index (χ2n) is 3.77. The highest BCUT2D eigenvalue weighted by Crippen LogP contribution is 2.21. The van der Waals surface area contributed by atoms with E-state index in [0.29, 0.717) is 19.5 Å². The van der Waals surface area contributed by atoms with Crippen LogP contribution in [0.5, 0.6) is 0 Å². The Kier molecular flexibility index (Phi) is 2.64. The maximum Gasteiger partial charge on any atom is 0.139 e. The van der Waals surface area contributed by atoms with Crippen molar-refractivity contribution in [3.63, 3.8) is 0 Å². The van der Waals surface area contributed by atoms with Gasteiger partial charge in [0.15, 0.2) is 0 Å². The van der Waals surface area contributed by atoms with Crippen LogP contribution in [0.25, 0.3) is 6.08 Å². The number of hydrogen-bond donors (Lipinski definition) is 1. The molecule has 0 bridgehead atoms. The summed E-state index contributed by atoms with van der Waals surface area (Å²) in [5.41, 5.74) is 0.133. The zero-order valence-corrected chi connectivity index (χ0v) is 8.04. The molecule has 1 nitrogen and oxygen atoms in total. The molecule has 1 aromatic carbocycles. The van der Waals surface area contributed by atoms with Gasteiger partial charge in [0, 0.05) is 19.5 Å². The Morgan fingerprint density at radius 1 is 1.29 bits per heavy atom. The molecule has 2 rings (SSSR count). The van der Waals surface area contributed by atoms with Crippen LogP contribution in [0.3, 0.4) is 0 Å². The number of hydrogen-bond acceptors (Lipinski definition) is 1. The lowest BCUT2D eigenvalue weighted by Crippen LogP contribution is -2.55. The van der Waals surface area contributed by atoms with Gasteiger partial charge in [0.2, 0.25) is 0 Å². The topological polar surface area (TPSA) is 12.0 Å². The Balaban J connectivity index is 1.88. The molecule has 1 fully saturated rings. The number of nitrogens with one attached hydrogen (secondary N) is 1. The molecule has 1 heterocycles. The van der Waals surface area contributed by atoms with E-state index >= 15 is 0 Å². The van der Waals surface area contributed by atoms with E-state index in [4.69, 9.17) is 0 Å². The summed E-state index contributed by atoms with van der Waals surface area (Å²) < 4.78 is 13.5. The molecule has 0 aliphatic carbocycles. The first-order chi connectivity index (χ1) is 6.79. The third-order valence-electron chi connectivity index (χ3n) is 2.48. The van der Waals surface area contributed by atoms with Crippen molar-refractivity contribution in [3.8, 4) is 0 Å². The average molecular weight is 191 g/mol. The van der Waals surface area contributed by atoms with Crippen LogP contribution in [-0.4, -0.2) is 18.8 Å². The van der Waals surface area contributed by atoms with Crippen molar-refractivity contribution in [3.05, 3.63) is 42.0 Å². The molecular weight excluding hydrogens is 177 g/mol. The molecule has 0 saturated carbocycles. The summed E-state index contributed by atoms with van der Waals surface area (Å²) in [6.07, 6.45) is 4.39. The fourth-order valence-corrected chi connectivity index (χ4v) is 1.51. The first-order valence-corrected chi connectivity index (χ1v) is 4.90. The molecule has 2 heteroatoms. The third-order valence-corrected chi connectivity index (χ3v) is 2.48. The lowest BCUT2D eigenvalue weighted by molar-refractivity contribution is 0.0945. The van der Waals surface area contributed by atoms with Crippen LogP contribution in [0.2, 0.25) is 0 Å². The van der Waals surface area contributed by atoms with E-state index in [1.165, 1.54) is 0 Å². The van der Waals surface area contributed by atoms with Crippen LogP contribution in [0.4, 0.5) is 4.39 Å². The highest BCUT2D eigenvalue weighted by Gasteiger charge is 2.35. The average Bonchev–Trinajstić information content (AvgIpc) is 2.17. The van der Waals surface area contributed by atoms with Gasteiger partial charge in [-0.2, -0.15) is 0 Å². The minimum atomic E-state index is -0.995. The van der Waals surface area contributed by atoms with E-state index in [0.717, 1.165) is 5.56 Å². The number of benzene rings is 1. The Bertz CT molecular complexity index is 314. The number of allylic oxidation sites excluding steroid dienone is 1. The lowest BCUT2D eigenvalue weighted by Gasteiger charge is -2.33. The van der Waals surface area contributed by atoms with Crippen LogP contribution < -0.4 is 5.32 Å². The van der Waals surface area contributed by atoms with E-state index in [-0.39, 0.29) is 0 Å². The predicted octanol–water partition coefficient (Wildman–Crippen LogP) is 2.40. The van der Waals surface area contributed by atoms with Gasteiger partial charge in [-0.05, 0) is 5.56 Å². The van der Waals surface area contributed by atoms with Crippen molar-refractivity contribution in [1.29, 1.82) is 0 Å².